The highest BCUT2D eigenvalue weighted by atomic mass is 19.3. The molecule has 2 heterocycles. The fraction of sp³-hybridized carbons (Fsp3) is 1.00. The van der Waals surface area contributed by atoms with Crippen LogP contribution in [0.1, 0.15) is 19.3 Å². The van der Waals surface area contributed by atoms with Gasteiger partial charge in [0.05, 0.1) is 24.7 Å². The van der Waals surface area contributed by atoms with Gasteiger partial charge in [-0.3, -0.25) is 0 Å². The first-order chi connectivity index (χ1) is 5.63. The molecule has 0 aromatic rings. The van der Waals surface area contributed by atoms with E-state index in [4.69, 9.17) is 10.5 Å². The van der Waals surface area contributed by atoms with Gasteiger partial charge in [-0.25, -0.2) is 8.78 Å². The van der Waals surface area contributed by atoms with Crippen molar-refractivity contribution in [1.82, 2.24) is 0 Å². The average molecular weight is 177 g/mol. The van der Waals surface area contributed by atoms with Crippen LogP contribution in [-0.4, -0.2) is 24.7 Å². The van der Waals surface area contributed by atoms with E-state index >= 15 is 0 Å². The summed E-state index contributed by atoms with van der Waals surface area (Å²) in [6.45, 7) is -0.551. The molecule has 70 valence electrons. The fourth-order valence-electron chi connectivity index (χ4n) is 2.23. The van der Waals surface area contributed by atoms with Crippen LogP contribution in [0.15, 0.2) is 0 Å². The summed E-state index contributed by atoms with van der Waals surface area (Å²) in [4.78, 5) is 0. The van der Waals surface area contributed by atoms with E-state index in [-0.39, 0.29) is 12.2 Å². The van der Waals surface area contributed by atoms with Crippen LogP contribution in [0.4, 0.5) is 8.78 Å². The summed E-state index contributed by atoms with van der Waals surface area (Å²) < 4.78 is 31.6. The first-order valence-corrected chi connectivity index (χ1v) is 4.37. The van der Waals surface area contributed by atoms with Gasteiger partial charge in [-0.05, 0) is 19.3 Å². The first kappa shape index (κ1) is 8.38. The average Bonchev–Trinajstić information content (AvgIpc) is 2.64. The highest BCUT2D eigenvalue weighted by Gasteiger charge is 2.52. The Labute approximate surface area is 70.1 Å². The SMILES string of the molecule is NCC(F)(F)C1CC2CCC1O2. The van der Waals surface area contributed by atoms with Crippen LogP contribution in [0.25, 0.3) is 0 Å². The minimum atomic E-state index is -2.72. The van der Waals surface area contributed by atoms with Crippen LogP contribution in [0.3, 0.4) is 0 Å². The van der Waals surface area contributed by atoms with Gasteiger partial charge in [0.2, 0.25) is 0 Å². The molecule has 12 heavy (non-hydrogen) atoms. The van der Waals surface area contributed by atoms with Crippen molar-refractivity contribution in [1.29, 1.82) is 0 Å². The maximum atomic E-state index is 13.1. The molecule has 2 aliphatic heterocycles. The molecule has 0 aromatic carbocycles. The third-order valence-corrected chi connectivity index (χ3v) is 2.92. The molecule has 2 nitrogen and oxygen atoms in total. The van der Waals surface area contributed by atoms with Crippen LogP contribution >= 0.6 is 0 Å². The second-order valence-electron chi connectivity index (χ2n) is 3.68. The summed E-state index contributed by atoms with van der Waals surface area (Å²) in [5.74, 6) is -3.35. The fourth-order valence-corrected chi connectivity index (χ4v) is 2.23. The van der Waals surface area contributed by atoms with Crippen LogP contribution in [0.2, 0.25) is 0 Å². The highest BCUT2D eigenvalue weighted by Crippen LogP contribution is 2.45. The number of nitrogens with two attached hydrogens (primary N) is 1. The molecular weight excluding hydrogens is 164 g/mol. The Morgan fingerprint density at radius 2 is 2.17 bits per heavy atom. The lowest BCUT2D eigenvalue weighted by Crippen LogP contribution is -2.41. The Hall–Kier alpha value is -0.220. The molecule has 0 radical (unpaired) electrons. The molecule has 3 atom stereocenters. The minimum Gasteiger partial charge on any atom is -0.374 e. The maximum absolute atomic E-state index is 13.1. The number of fused-ring (bicyclic) bond motifs is 2. The number of halogens is 2. The second kappa shape index (κ2) is 2.64. The van der Waals surface area contributed by atoms with Crippen LogP contribution in [-0.2, 0) is 4.74 Å². The zero-order chi connectivity index (χ0) is 8.77. The van der Waals surface area contributed by atoms with Gasteiger partial charge in [-0.2, -0.15) is 0 Å². The van der Waals surface area contributed by atoms with E-state index in [0.29, 0.717) is 6.42 Å². The molecule has 2 fully saturated rings. The Kier molecular flexibility index (Phi) is 1.84. The number of hydrogen-bond acceptors (Lipinski definition) is 2. The van der Waals surface area contributed by atoms with Crippen molar-refractivity contribution in [3.8, 4) is 0 Å². The topological polar surface area (TPSA) is 35.2 Å². The largest absolute Gasteiger partial charge is 0.374 e. The molecule has 2 bridgehead atoms. The zero-order valence-electron chi connectivity index (χ0n) is 6.80. The van der Waals surface area contributed by atoms with Crippen molar-refractivity contribution < 1.29 is 13.5 Å². The molecule has 0 aliphatic carbocycles. The number of rotatable bonds is 2. The van der Waals surface area contributed by atoms with E-state index < -0.39 is 18.4 Å². The van der Waals surface area contributed by atoms with Crippen LogP contribution in [0, 0.1) is 5.92 Å². The van der Waals surface area contributed by atoms with E-state index in [0.717, 1.165) is 12.8 Å². The summed E-state index contributed by atoms with van der Waals surface area (Å²) in [5, 5.41) is 0. The molecule has 0 amide bonds. The molecule has 4 heteroatoms. The normalized spacial score (nSPS) is 40.8. The number of hydrogen-bond donors (Lipinski definition) is 1. The van der Waals surface area contributed by atoms with E-state index in [1.54, 1.807) is 0 Å². The van der Waals surface area contributed by atoms with Crippen molar-refractivity contribution >= 4 is 0 Å². The van der Waals surface area contributed by atoms with Gasteiger partial charge in [0.15, 0.2) is 0 Å². The molecule has 2 rings (SSSR count). The molecular formula is C8H13F2NO. The lowest BCUT2D eigenvalue weighted by Gasteiger charge is -2.26. The first-order valence-electron chi connectivity index (χ1n) is 4.37. The lowest BCUT2D eigenvalue weighted by molar-refractivity contribution is -0.0721. The molecule has 2 N–H and O–H groups in total. The van der Waals surface area contributed by atoms with Crippen LogP contribution < -0.4 is 5.73 Å². The standard InChI is InChI=1S/C8H13F2NO/c9-8(10,4-11)6-3-5-1-2-7(6)12-5/h5-7H,1-4,11H2. The predicted octanol–water partition coefficient (Wildman–Crippen LogP) is 1.15. The molecule has 0 spiro atoms. The molecule has 3 unspecified atom stereocenters. The molecule has 2 aliphatic rings. The van der Waals surface area contributed by atoms with E-state index in [1.807, 2.05) is 0 Å². The molecule has 0 aromatic heterocycles. The monoisotopic (exact) mass is 177 g/mol. The number of ether oxygens (including phenoxy) is 1. The predicted molar refractivity (Wildman–Crippen MR) is 40.0 cm³/mol. The van der Waals surface area contributed by atoms with Gasteiger partial charge in [-0.1, -0.05) is 0 Å². The summed E-state index contributed by atoms with van der Waals surface area (Å²) in [6, 6.07) is 0. The molecule has 2 saturated heterocycles. The van der Waals surface area contributed by atoms with Crippen molar-refractivity contribution in [3.05, 3.63) is 0 Å². The van der Waals surface area contributed by atoms with E-state index in [9.17, 15) is 8.78 Å². The van der Waals surface area contributed by atoms with Crippen molar-refractivity contribution in [2.75, 3.05) is 6.54 Å². The van der Waals surface area contributed by atoms with Crippen LogP contribution in [0.5, 0.6) is 0 Å². The Bertz CT molecular complexity index is 186. The van der Waals surface area contributed by atoms with Crippen molar-refractivity contribution in [3.63, 3.8) is 0 Å². The third-order valence-electron chi connectivity index (χ3n) is 2.92. The van der Waals surface area contributed by atoms with Gasteiger partial charge in [0, 0.05) is 0 Å². The van der Waals surface area contributed by atoms with Crippen molar-refractivity contribution in [2.45, 2.75) is 37.4 Å². The summed E-state index contributed by atoms with van der Waals surface area (Å²) >= 11 is 0. The lowest BCUT2D eigenvalue weighted by atomic mass is 9.84. The maximum Gasteiger partial charge on any atom is 0.265 e. The van der Waals surface area contributed by atoms with Gasteiger partial charge in [0.1, 0.15) is 0 Å². The minimum absolute atomic E-state index is 0.0809. The van der Waals surface area contributed by atoms with E-state index in [1.165, 1.54) is 0 Å². The van der Waals surface area contributed by atoms with E-state index in [2.05, 4.69) is 0 Å². The second-order valence-corrected chi connectivity index (χ2v) is 3.68. The quantitative estimate of drug-likeness (QED) is 0.686. The Morgan fingerprint density at radius 3 is 2.58 bits per heavy atom. The zero-order valence-corrected chi connectivity index (χ0v) is 6.80. The smallest absolute Gasteiger partial charge is 0.265 e. The third kappa shape index (κ3) is 1.13. The van der Waals surface area contributed by atoms with Gasteiger partial charge in [0.25, 0.3) is 5.92 Å². The van der Waals surface area contributed by atoms with Gasteiger partial charge >= 0.3 is 0 Å². The Morgan fingerprint density at radius 1 is 1.42 bits per heavy atom. The summed E-state index contributed by atoms with van der Waals surface area (Å²) in [6.07, 6.45) is 2.08. The number of alkyl halides is 2. The Balaban J connectivity index is 2.06. The molecule has 0 saturated carbocycles. The van der Waals surface area contributed by atoms with Gasteiger partial charge in [-0.15, -0.1) is 0 Å². The highest BCUT2D eigenvalue weighted by molar-refractivity contribution is 4.96. The van der Waals surface area contributed by atoms with Crippen molar-refractivity contribution in [2.24, 2.45) is 11.7 Å². The summed E-state index contributed by atoms with van der Waals surface area (Å²) in [7, 11) is 0. The summed E-state index contributed by atoms with van der Waals surface area (Å²) in [5.41, 5.74) is 5.01. The van der Waals surface area contributed by atoms with Gasteiger partial charge < -0.3 is 10.5 Å².